The van der Waals surface area contributed by atoms with Crippen LogP contribution in [0.15, 0.2) is 23.6 Å². The SMILES string of the molecule is COC(=O)c1scc(C)c1NC(=O)c1ccc(Cl)c(N)c1. The molecule has 7 heteroatoms. The first-order valence-electron chi connectivity index (χ1n) is 5.96. The third-order valence-corrected chi connectivity index (χ3v) is 4.26. The van der Waals surface area contributed by atoms with E-state index in [1.54, 1.807) is 24.4 Å². The summed E-state index contributed by atoms with van der Waals surface area (Å²) >= 11 is 7.04. The minimum Gasteiger partial charge on any atom is -0.465 e. The zero-order valence-corrected chi connectivity index (χ0v) is 13.0. The van der Waals surface area contributed by atoms with E-state index in [9.17, 15) is 9.59 Å². The number of carbonyl (C=O) groups excluding carboxylic acids is 2. The monoisotopic (exact) mass is 324 g/mol. The molecule has 5 nitrogen and oxygen atoms in total. The number of esters is 1. The van der Waals surface area contributed by atoms with Gasteiger partial charge in [-0.05, 0) is 36.1 Å². The second-order valence-electron chi connectivity index (χ2n) is 4.30. The maximum atomic E-state index is 12.2. The lowest BCUT2D eigenvalue weighted by Gasteiger charge is -2.08. The second kappa shape index (κ2) is 6.15. The molecule has 0 radical (unpaired) electrons. The molecule has 1 amide bonds. The molecule has 0 fully saturated rings. The van der Waals surface area contributed by atoms with Gasteiger partial charge in [-0.3, -0.25) is 4.79 Å². The Balaban J connectivity index is 2.29. The molecule has 1 heterocycles. The van der Waals surface area contributed by atoms with E-state index in [0.29, 0.717) is 26.8 Å². The molecule has 0 saturated heterocycles. The number of halogens is 1. The molecule has 2 aromatic rings. The topological polar surface area (TPSA) is 81.4 Å². The van der Waals surface area contributed by atoms with Crippen molar-refractivity contribution in [3.05, 3.63) is 44.6 Å². The van der Waals surface area contributed by atoms with Crippen LogP contribution in [-0.4, -0.2) is 19.0 Å². The minimum atomic E-state index is -0.487. The molecule has 0 aliphatic heterocycles. The van der Waals surface area contributed by atoms with Crippen molar-refractivity contribution in [2.75, 3.05) is 18.2 Å². The fraction of sp³-hybridized carbons (Fsp3) is 0.143. The number of carbonyl (C=O) groups is 2. The maximum Gasteiger partial charge on any atom is 0.350 e. The van der Waals surface area contributed by atoms with Crippen LogP contribution in [0.3, 0.4) is 0 Å². The van der Waals surface area contributed by atoms with Crippen molar-refractivity contribution in [2.24, 2.45) is 0 Å². The molecule has 0 atom stereocenters. The molecular weight excluding hydrogens is 312 g/mol. The molecule has 1 aromatic carbocycles. The maximum absolute atomic E-state index is 12.2. The summed E-state index contributed by atoms with van der Waals surface area (Å²) in [5.41, 5.74) is 7.59. The Kier molecular flexibility index (Phi) is 4.50. The Morgan fingerprint density at radius 1 is 1.38 bits per heavy atom. The highest BCUT2D eigenvalue weighted by atomic mass is 35.5. The van der Waals surface area contributed by atoms with Crippen molar-refractivity contribution in [2.45, 2.75) is 6.92 Å². The molecule has 0 unspecified atom stereocenters. The number of hydrogen-bond donors (Lipinski definition) is 2. The van der Waals surface area contributed by atoms with Crippen LogP contribution in [0.5, 0.6) is 0 Å². The molecule has 1 aromatic heterocycles. The van der Waals surface area contributed by atoms with Gasteiger partial charge in [-0.25, -0.2) is 4.79 Å². The highest BCUT2D eigenvalue weighted by molar-refractivity contribution is 7.12. The van der Waals surface area contributed by atoms with Crippen LogP contribution >= 0.6 is 22.9 Å². The Morgan fingerprint density at radius 3 is 2.71 bits per heavy atom. The van der Waals surface area contributed by atoms with Crippen molar-refractivity contribution in [3.8, 4) is 0 Å². The number of hydrogen-bond acceptors (Lipinski definition) is 5. The van der Waals surface area contributed by atoms with Gasteiger partial charge in [0.15, 0.2) is 0 Å². The first kappa shape index (κ1) is 15.3. The fourth-order valence-corrected chi connectivity index (χ4v) is 2.75. The van der Waals surface area contributed by atoms with Gasteiger partial charge in [0.05, 0.1) is 23.5 Å². The van der Waals surface area contributed by atoms with Crippen molar-refractivity contribution in [1.29, 1.82) is 0 Å². The highest BCUT2D eigenvalue weighted by Crippen LogP contribution is 2.29. The van der Waals surface area contributed by atoms with E-state index < -0.39 is 5.97 Å². The van der Waals surface area contributed by atoms with Gasteiger partial charge >= 0.3 is 5.97 Å². The Bertz CT molecular complexity index is 712. The normalized spacial score (nSPS) is 10.2. The summed E-state index contributed by atoms with van der Waals surface area (Å²) in [6, 6.07) is 4.60. The zero-order chi connectivity index (χ0) is 15.6. The van der Waals surface area contributed by atoms with E-state index in [4.69, 9.17) is 22.1 Å². The van der Waals surface area contributed by atoms with Gasteiger partial charge in [0.25, 0.3) is 5.91 Å². The number of benzene rings is 1. The molecule has 0 saturated carbocycles. The van der Waals surface area contributed by atoms with E-state index in [0.717, 1.165) is 5.56 Å². The number of ether oxygens (including phenoxy) is 1. The molecule has 0 aliphatic carbocycles. The molecule has 3 N–H and O–H groups in total. The fourth-order valence-electron chi connectivity index (χ4n) is 1.71. The lowest BCUT2D eigenvalue weighted by molar-refractivity contribution is 0.0607. The Hall–Kier alpha value is -2.05. The number of nitrogens with two attached hydrogens (primary N) is 1. The summed E-state index contributed by atoms with van der Waals surface area (Å²) < 4.78 is 4.70. The Morgan fingerprint density at radius 2 is 2.10 bits per heavy atom. The van der Waals surface area contributed by atoms with E-state index >= 15 is 0 Å². The third kappa shape index (κ3) is 3.17. The smallest absolute Gasteiger partial charge is 0.350 e. The second-order valence-corrected chi connectivity index (χ2v) is 5.59. The molecule has 2 rings (SSSR count). The van der Waals surface area contributed by atoms with Crippen LogP contribution in [0, 0.1) is 6.92 Å². The van der Waals surface area contributed by atoms with Gasteiger partial charge in [0, 0.05) is 5.56 Å². The summed E-state index contributed by atoms with van der Waals surface area (Å²) in [7, 11) is 1.29. The van der Waals surface area contributed by atoms with Gasteiger partial charge < -0.3 is 15.8 Å². The predicted molar refractivity (Wildman–Crippen MR) is 84.2 cm³/mol. The van der Waals surface area contributed by atoms with Crippen LogP contribution in [0.2, 0.25) is 5.02 Å². The lowest BCUT2D eigenvalue weighted by Crippen LogP contribution is -2.15. The molecule has 110 valence electrons. The average molecular weight is 325 g/mol. The van der Waals surface area contributed by atoms with Gasteiger partial charge in [-0.1, -0.05) is 11.6 Å². The highest BCUT2D eigenvalue weighted by Gasteiger charge is 2.19. The zero-order valence-electron chi connectivity index (χ0n) is 11.4. The standard InChI is InChI=1S/C14H13ClN2O3S/c1-7-6-21-12(14(19)20-2)11(7)17-13(18)8-3-4-9(15)10(16)5-8/h3-6H,16H2,1-2H3,(H,17,18). The molecule has 0 bridgehead atoms. The van der Waals surface area contributed by atoms with Crippen molar-refractivity contribution in [3.63, 3.8) is 0 Å². The van der Waals surface area contributed by atoms with Crippen LogP contribution in [0.4, 0.5) is 11.4 Å². The summed E-state index contributed by atoms with van der Waals surface area (Å²) in [5.74, 6) is -0.857. The molecule has 0 aliphatic rings. The third-order valence-electron chi connectivity index (χ3n) is 2.84. The van der Waals surface area contributed by atoms with Crippen LogP contribution in [-0.2, 0) is 4.74 Å². The van der Waals surface area contributed by atoms with Crippen molar-refractivity contribution < 1.29 is 14.3 Å². The summed E-state index contributed by atoms with van der Waals surface area (Å²) in [6.45, 7) is 1.80. The largest absolute Gasteiger partial charge is 0.465 e. The number of aryl methyl sites for hydroxylation is 1. The van der Waals surface area contributed by atoms with E-state index in [1.807, 2.05) is 0 Å². The Labute approximate surface area is 130 Å². The number of nitrogens with one attached hydrogen (secondary N) is 1. The van der Waals surface area contributed by atoms with E-state index in [2.05, 4.69) is 5.32 Å². The predicted octanol–water partition coefficient (Wildman–Crippen LogP) is 3.33. The number of rotatable bonds is 3. The molecule has 21 heavy (non-hydrogen) atoms. The number of nitrogen functional groups attached to an aromatic ring is 1. The van der Waals surface area contributed by atoms with Gasteiger partial charge in [-0.15, -0.1) is 11.3 Å². The van der Waals surface area contributed by atoms with Crippen LogP contribution in [0.25, 0.3) is 0 Å². The summed E-state index contributed by atoms with van der Waals surface area (Å²) in [6.07, 6.45) is 0. The molecular formula is C14H13ClN2O3S. The van der Waals surface area contributed by atoms with Crippen LogP contribution < -0.4 is 11.1 Å². The number of thiophene rings is 1. The first-order valence-corrected chi connectivity index (χ1v) is 7.22. The quantitative estimate of drug-likeness (QED) is 0.670. The van der Waals surface area contributed by atoms with E-state index in [-0.39, 0.29) is 5.91 Å². The number of anilines is 2. The minimum absolute atomic E-state index is 0.319. The average Bonchev–Trinajstić information content (AvgIpc) is 2.82. The molecule has 0 spiro atoms. The summed E-state index contributed by atoms with van der Waals surface area (Å²) in [4.78, 5) is 24.2. The van der Waals surface area contributed by atoms with Crippen LogP contribution in [0.1, 0.15) is 25.6 Å². The number of amides is 1. The van der Waals surface area contributed by atoms with E-state index in [1.165, 1.54) is 24.5 Å². The van der Waals surface area contributed by atoms with Gasteiger partial charge in [0.1, 0.15) is 4.88 Å². The summed E-state index contributed by atoms with van der Waals surface area (Å²) in [5, 5.41) is 4.87. The van der Waals surface area contributed by atoms with Gasteiger partial charge in [-0.2, -0.15) is 0 Å². The lowest BCUT2D eigenvalue weighted by atomic mass is 10.1. The van der Waals surface area contributed by atoms with Crippen molar-refractivity contribution >= 4 is 46.2 Å². The van der Waals surface area contributed by atoms with Gasteiger partial charge in [0.2, 0.25) is 0 Å². The number of methoxy groups -OCH3 is 1. The first-order chi connectivity index (χ1) is 9.93. The van der Waals surface area contributed by atoms with Crippen molar-refractivity contribution in [1.82, 2.24) is 0 Å².